The highest BCUT2D eigenvalue weighted by atomic mass is 32.2. The Labute approximate surface area is 221 Å². The molecule has 0 unspecified atom stereocenters. The van der Waals surface area contributed by atoms with E-state index in [1.54, 1.807) is 62.4 Å². The van der Waals surface area contributed by atoms with Gasteiger partial charge in [0.25, 0.3) is 0 Å². The zero-order valence-corrected chi connectivity index (χ0v) is 22.4. The average Bonchev–Trinajstić information content (AvgIpc) is 2.84. The lowest BCUT2D eigenvalue weighted by Crippen LogP contribution is -2.37. The van der Waals surface area contributed by atoms with Gasteiger partial charge in [-0.3, -0.25) is 9.59 Å². The number of aliphatic carboxylic acids is 2. The SMILES string of the molecule is Cc1ccc(S(=O)(=O)N(CC(=O)O)Cc2ccccc2CN(CC(=O)O)S(=O)(=O)c2ccc(C)cc2)cc1. The maximum absolute atomic E-state index is 13.3. The van der Waals surface area contributed by atoms with Crippen molar-refractivity contribution in [3.05, 3.63) is 95.1 Å². The number of carboxylic acid groups (broad SMARTS) is 2. The van der Waals surface area contributed by atoms with Gasteiger partial charge in [-0.2, -0.15) is 8.61 Å². The fourth-order valence-electron chi connectivity index (χ4n) is 3.72. The number of sulfonamides is 2. The number of benzene rings is 3. The van der Waals surface area contributed by atoms with Crippen LogP contribution in [-0.4, -0.2) is 60.7 Å². The van der Waals surface area contributed by atoms with Crippen LogP contribution in [0.25, 0.3) is 0 Å². The number of hydrogen-bond donors (Lipinski definition) is 2. The summed E-state index contributed by atoms with van der Waals surface area (Å²) in [4.78, 5) is 23.0. The van der Waals surface area contributed by atoms with E-state index >= 15 is 0 Å². The van der Waals surface area contributed by atoms with Gasteiger partial charge in [0, 0.05) is 13.1 Å². The van der Waals surface area contributed by atoms with E-state index in [2.05, 4.69) is 0 Å². The van der Waals surface area contributed by atoms with Crippen molar-refractivity contribution in [2.24, 2.45) is 0 Å². The number of nitrogens with zero attached hydrogens (tertiary/aromatic N) is 2. The topological polar surface area (TPSA) is 149 Å². The van der Waals surface area contributed by atoms with Gasteiger partial charge in [-0.05, 0) is 49.2 Å². The van der Waals surface area contributed by atoms with Crippen molar-refractivity contribution in [1.82, 2.24) is 8.61 Å². The maximum Gasteiger partial charge on any atom is 0.318 e. The zero-order valence-electron chi connectivity index (χ0n) is 20.8. The van der Waals surface area contributed by atoms with E-state index in [4.69, 9.17) is 0 Å². The Balaban J connectivity index is 2.00. The highest BCUT2D eigenvalue weighted by Crippen LogP contribution is 2.24. The zero-order chi connectivity index (χ0) is 28.1. The monoisotopic (exact) mass is 560 g/mol. The highest BCUT2D eigenvalue weighted by Gasteiger charge is 2.30. The van der Waals surface area contributed by atoms with E-state index in [-0.39, 0.29) is 22.9 Å². The van der Waals surface area contributed by atoms with Gasteiger partial charge in [-0.15, -0.1) is 0 Å². The van der Waals surface area contributed by atoms with Gasteiger partial charge in [-0.1, -0.05) is 59.7 Å². The molecule has 0 aliphatic carbocycles. The van der Waals surface area contributed by atoms with Gasteiger partial charge >= 0.3 is 11.9 Å². The van der Waals surface area contributed by atoms with E-state index in [9.17, 15) is 36.6 Å². The van der Waals surface area contributed by atoms with Crippen molar-refractivity contribution in [3.63, 3.8) is 0 Å². The summed E-state index contributed by atoms with van der Waals surface area (Å²) in [6.45, 7) is 1.18. The van der Waals surface area contributed by atoms with Crippen LogP contribution in [0.4, 0.5) is 0 Å². The molecular weight excluding hydrogens is 532 g/mol. The summed E-state index contributed by atoms with van der Waals surface area (Å²) in [7, 11) is -8.45. The lowest BCUT2D eigenvalue weighted by atomic mass is 10.1. The van der Waals surface area contributed by atoms with E-state index in [1.807, 2.05) is 0 Å². The third kappa shape index (κ3) is 7.04. The number of aryl methyl sites for hydroxylation is 2. The number of carbonyl (C=O) groups is 2. The molecule has 12 heteroatoms. The first-order chi connectivity index (χ1) is 17.8. The first-order valence-corrected chi connectivity index (χ1v) is 14.3. The molecule has 0 saturated carbocycles. The predicted molar refractivity (Wildman–Crippen MR) is 139 cm³/mol. The molecule has 0 atom stereocenters. The minimum atomic E-state index is -4.22. The molecule has 0 spiro atoms. The van der Waals surface area contributed by atoms with E-state index < -0.39 is 45.1 Å². The van der Waals surface area contributed by atoms with Crippen molar-refractivity contribution >= 4 is 32.0 Å². The molecule has 3 rings (SSSR count). The molecule has 0 aromatic heterocycles. The Bertz CT molecular complexity index is 1400. The molecule has 0 fully saturated rings. The first-order valence-electron chi connectivity index (χ1n) is 11.4. The van der Waals surface area contributed by atoms with Gasteiger partial charge < -0.3 is 10.2 Å². The Hall–Kier alpha value is -3.58. The molecule has 0 amide bonds. The summed E-state index contributed by atoms with van der Waals surface area (Å²) in [6, 6.07) is 18.2. The minimum absolute atomic E-state index is 0.0868. The summed E-state index contributed by atoms with van der Waals surface area (Å²) in [5, 5.41) is 18.8. The Kier molecular flexibility index (Phi) is 9.05. The molecule has 3 aromatic carbocycles. The van der Waals surface area contributed by atoms with Crippen LogP contribution >= 0.6 is 0 Å². The maximum atomic E-state index is 13.3. The standard InChI is InChI=1S/C26H28N2O8S2/c1-19-7-11-23(12-8-19)37(33,34)27(17-25(29)30)15-21-5-3-4-6-22(21)16-28(18-26(31)32)38(35,36)24-13-9-20(2)10-14-24/h3-14H,15-18H2,1-2H3,(H,29,30)(H,31,32). The summed E-state index contributed by atoms with van der Waals surface area (Å²) in [5.74, 6) is -2.74. The normalized spacial score (nSPS) is 12.1. The summed E-state index contributed by atoms with van der Waals surface area (Å²) >= 11 is 0. The molecule has 3 aromatic rings. The number of carboxylic acids is 2. The molecule has 0 bridgehead atoms. The fourth-order valence-corrected chi connectivity index (χ4v) is 6.45. The lowest BCUT2D eigenvalue weighted by molar-refractivity contribution is -0.138. The molecule has 0 aliphatic rings. The molecule has 0 aliphatic heterocycles. The van der Waals surface area contributed by atoms with Gasteiger partial charge in [0.15, 0.2) is 0 Å². The summed E-state index contributed by atoms with van der Waals surface area (Å²) in [6.07, 6.45) is 0. The van der Waals surface area contributed by atoms with Crippen LogP contribution in [0.15, 0.2) is 82.6 Å². The molecule has 0 saturated heterocycles. The molecule has 10 nitrogen and oxygen atoms in total. The predicted octanol–water partition coefficient (Wildman–Crippen LogP) is 2.85. The highest BCUT2D eigenvalue weighted by molar-refractivity contribution is 7.89. The van der Waals surface area contributed by atoms with E-state index in [1.165, 1.54) is 24.3 Å². The van der Waals surface area contributed by atoms with Crippen LogP contribution in [-0.2, 0) is 42.7 Å². The number of hydrogen-bond acceptors (Lipinski definition) is 6. The van der Waals surface area contributed by atoms with Gasteiger partial charge in [-0.25, -0.2) is 16.8 Å². The average molecular weight is 561 g/mol. The van der Waals surface area contributed by atoms with Crippen molar-refractivity contribution in [2.75, 3.05) is 13.1 Å². The second-order valence-corrected chi connectivity index (χ2v) is 12.6. The van der Waals surface area contributed by atoms with E-state index in [0.29, 0.717) is 11.1 Å². The van der Waals surface area contributed by atoms with Gasteiger partial charge in [0.1, 0.15) is 13.1 Å². The van der Waals surface area contributed by atoms with Crippen LogP contribution in [0, 0.1) is 13.8 Å². The summed E-state index contributed by atoms with van der Waals surface area (Å²) < 4.78 is 54.8. The Morgan fingerprint density at radius 3 is 1.21 bits per heavy atom. The fraction of sp³-hybridized carbons (Fsp3) is 0.231. The Morgan fingerprint density at radius 2 is 0.921 bits per heavy atom. The quantitative estimate of drug-likeness (QED) is 0.343. The number of rotatable bonds is 12. The van der Waals surface area contributed by atoms with Gasteiger partial charge in [0.2, 0.25) is 20.0 Å². The van der Waals surface area contributed by atoms with Crippen LogP contribution in [0.2, 0.25) is 0 Å². The lowest BCUT2D eigenvalue weighted by Gasteiger charge is -2.25. The van der Waals surface area contributed by atoms with Crippen LogP contribution in [0.1, 0.15) is 22.3 Å². The minimum Gasteiger partial charge on any atom is -0.480 e. The van der Waals surface area contributed by atoms with Crippen LogP contribution in [0.3, 0.4) is 0 Å². The van der Waals surface area contributed by atoms with E-state index in [0.717, 1.165) is 19.7 Å². The van der Waals surface area contributed by atoms with Crippen molar-refractivity contribution in [1.29, 1.82) is 0 Å². The smallest absolute Gasteiger partial charge is 0.318 e. The van der Waals surface area contributed by atoms with Crippen LogP contribution in [0.5, 0.6) is 0 Å². The second-order valence-electron chi connectivity index (χ2n) is 8.73. The molecule has 38 heavy (non-hydrogen) atoms. The van der Waals surface area contributed by atoms with Crippen LogP contribution < -0.4 is 0 Å². The molecule has 0 heterocycles. The third-order valence-corrected chi connectivity index (χ3v) is 9.36. The van der Waals surface area contributed by atoms with Crippen molar-refractivity contribution in [3.8, 4) is 0 Å². The summed E-state index contributed by atoms with van der Waals surface area (Å²) in [5.41, 5.74) is 2.32. The Morgan fingerprint density at radius 1 is 0.605 bits per heavy atom. The molecule has 202 valence electrons. The van der Waals surface area contributed by atoms with Crippen molar-refractivity contribution in [2.45, 2.75) is 36.7 Å². The molecular formula is C26H28N2O8S2. The second kappa shape index (κ2) is 11.9. The van der Waals surface area contributed by atoms with Gasteiger partial charge in [0.05, 0.1) is 9.79 Å². The third-order valence-electron chi connectivity index (χ3n) is 5.75. The first kappa shape index (κ1) is 29.0. The molecule has 0 radical (unpaired) electrons. The largest absolute Gasteiger partial charge is 0.480 e. The van der Waals surface area contributed by atoms with Crippen molar-refractivity contribution < 1.29 is 36.6 Å². The molecule has 2 N–H and O–H groups in total.